The molecule has 2 aromatic carbocycles. The SMILES string of the molecule is CCOc1cc(/C=C2\C(=O)NC(=O)N(c3ccc(C)c(Cl)c3)C2=O)cc(Cl)c1OC(C)C. The van der Waals surface area contributed by atoms with Crippen LogP contribution in [0.1, 0.15) is 31.9 Å². The van der Waals surface area contributed by atoms with E-state index in [2.05, 4.69) is 5.32 Å². The van der Waals surface area contributed by atoms with Crippen molar-refractivity contribution in [3.63, 3.8) is 0 Å². The Labute approximate surface area is 195 Å². The molecule has 1 aliphatic rings. The number of benzene rings is 2. The number of anilines is 1. The minimum Gasteiger partial charge on any atom is -0.490 e. The van der Waals surface area contributed by atoms with Crippen LogP contribution in [0.3, 0.4) is 0 Å². The van der Waals surface area contributed by atoms with Gasteiger partial charge < -0.3 is 9.47 Å². The number of rotatable bonds is 6. The highest BCUT2D eigenvalue weighted by atomic mass is 35.5. The predicted octanol–water partition coefficient (Wildman–Crippen LogP) is 5.15. The molecule has 9 heteroatoms. The van der Waals surface area contributed by atoms with Crippen molar-refractivity contribution in [2.24, 2.45) is 0 Å². The summed E-state index contributed by atoms with van der Waals surface area (Å²) < 4.78 is 11.4. The lowest BCUT2D eigenvalue weighted by atomic mass is 10.1. The van der Waals surface area contributed by atoms with Gasteiger partial charge >= 0.3 is 6.03 Å². The maximum absolute atomic E-state index is 13.1. The number of carbonyl (C=O) groups is 3. The summed E-state index contributed by atoms with van der Waals surface area (Å²) in [5, 5.41) is 2.83. The van der Waals surface area contributed by atoms with Gasteiger partial charge in [0.1, 0.15) is 5.57 Å². The topological polar surface area (TPSA) is 84.9 Å². The molecule has 1 N–H and O–H groups in total. The summed E-state index contributed by atoms with van der Waals surface area (Å²) in [6.45, 7) is 7.68. The highest BCUT2D eigenvalue weighted by Crippen LogP contribution is 2.38. The third-order valence-corrected chi connectivity index (χ3v) is 5.20. The summed E-state index contributed by atoms with van der Waals surface area (Å²) in [5.41, 5.74) is 1.23. The van der Waals surface area contributed by atoms with Crippen LogP contribution in [0.15, 0.2) is 35.9 Å². The Bertz CT molecular complexity index is 1130. The Kier molecular flexibility index (Phi) is 7.11. The van der Waals surface area contributed by atoms with Crippen molar-refractivity contribution in [2.75, 3.05) is 11.5 Å². The fraction of sp³-hybridized carbons (Fsp3) is 0.261. The highest BCUT2D eigenvalue weighted by Gasteiger charge is 2.37. The average molecular weight is 477 g/mol. The number of nitrogens with zero attached hydrogens (tertiary/aromatic N) is 1. The van der Waals surface area contributed by atoms with Gasteiger partial charge in [0.25, 0.3) is 11.8 Å². The zero-order chi connectivity index (χ0) is 23.6. The minimum atomic E-state index is -0.856. The first-order chi connectivity index (χ1) is 15.1. The molecule has 0 atom stereocenters. The first kappa shape index (κ1) is 23.6. The van der Waals surface area contributed by atoms with Crippen molar-refractivity contribution in [1.29, 1.82) is 0 Å². The number of amides is 4. The van der Waals surface area contributed by atoms with Gasteiger partial charge in [-0.05, 0) is 69.2 Å². The molecule has 4 amide bonds. The van der Waals surface area contributed by atoms with Gasteiger partial charge in [-0.3, -0.25) is 14.9 Å². The molecule has 7 nitrogen and oxygen atoms in total. The molecule has 0 radical (unpaired) electrons. The monoisotopic (exact) mass is 476 g/mol. The first-order valence-corrected chi connectivity index (χ1v) is 10.7. The van der Waals surface area contributed by atoms with E-state index < -0.39 is 17.8 Å². The molecule has 0 saturated carbocycles. The van der Waals surface area contributed by atoms with E-state index in [-0.39, 0.29) is 22.4 Å². The molecule has 3 rings (SSSR count). The van der Waals surface area contributed by atoms with Gasteiger partial charge in [-0.2, -0.15) is 0 Å². The van der Waals surface area contributed by atoms with Crippen LogP contribution in [0.2, 0.25) is 10.0 Å². The second kappa shape index (κ2) is 9.63. The van der Waals surface area contributed by atoms with Crippen LogP contribution in [-0.2, 0) is 9.59 Å². The molecule has 32 heavy (non-hydrogen) atoms. The lowest BCUT2D eigenvalue weighted by molar-refractivity contribution is -0.122. The summed E-state index contributed by atoms with van der Waals surface area (Å²) in [5.74, 6) is -0.847. The van der Waals surface area contributed by atoms with Crippen molar-refractivity contribution >= 4 is 52.8 Å². The van der Waals surface area contributed by atoms with E-state index in [0.29, 0.717) is 28.7 Å². The largest absolute Gasteiger partial charge is 0.490 e. The number of halogens is 2. The van der Waals surface area contributed by atoms with Gasteiger partial charge in [0.05, 0.1) is 23.4 Å². The van der Waals surface area contributed by atoms with Crippen molar-refractivity contribution in [1.82, 2.24) is 5.32 Å². The summed E-state index contributed by atoms with van der Waals surface area (Å²) >= 11 is 12.5. The Balaban J connectivity index is 2.04. The lowest BCUT2D eigenvalue weighted by Crippen LogP contribution is -2.54. The number of imide groups is 2. The average Bonchev–Trinajstić information content (AvgIpc) is 2.70. The molecule has 0 unspecified atom stereocenters. The number of carbonyl (C=O) groups excluding carboxylic acids is 3. The van der Waals surface area contributed by atoms with Crippen LogP contribution >= 0.6 is 23.2 Å². The maximum atomic E-state index is 13.1. The fourth-order valence-corrected chi connectivity index (χ4v) is 3.50. The summed E-state index contributed by atoms with van der Waals surface area (Å²) in [7, 11) is 0. The third kappa shape index (κ3) is 4.89. The van der Waals surface area contributed by atoms with Crippen molar-refractivity contribution < 1.29 is 23.9 Å². The first-order valence-electron chi connectivity index (χ1n) is 9.93. The second-order valence-corrected chi connectivity index (χ2v) is 8.14. The zero-order valence-electron chi connectivity index (χ0n) is 18.0. The highest BCUT2D eigenvalue weighted by molar-refractivity contribution is 6.39. The van der Waals surface area contributed by atoms with Crippen LogP contribution in [0.5, 0.6) is 11.5 Å². The van der Waals surface area contributed by atoms with E-state index >= 15 is 0 Å². The Morgan fingerprint density at radius 2 is 1.81 bits per heavy atom. The van der Waals surface area contributed by atoms with E-state index in [9.17, 15) is 14.4 Å². The van der Waals surface area contributed by atoms with E-state index in [0.717, 1.165) is 10.5 Å². The van der Waals surface area contributed by atoms with Crippen LogP contribution < -0.4 is 19.7 Å². The molecular formula is C23H22Cl2N2O5. The molecule has 0 bridgehead atoms. The van der Waals surface area contributed by atoms with Gasteiger partial charge in [-0.25, -0.2) is 9.69 Å². The van der Waals surface area contributed by atoms with Crippen LogP contribution in [-0.4, -0.2) is 30.6 Å². The number of hydrogen-bond donors (Lipinski definition) is 1. The van der Waals surface area contributed by atoms with Gasteiger partial charge in [0, 0.05) is 5.02 Å². The number of nitrogens with one attached hydrogen (secondary N) is 1. The van der Waals surface area contributed by atoms with Gasteiger partial charge in [-0.15, -0.1) is 0 Å². The second-order valence-electron chi connectivity index (χ2n) is 7.32. The molecule has 0 spiro atoms. The quantitative estimate of drug-likeness (QED) is 0.459. The van der Waals surface area contributed by atoms with Gasteiger partial charge in [-0.1, -0.05) is 29.3 Å². The van der Waals surface area contributed by atoms with E-state index in [1.165, 1.54) is 12.1 Å². The minimum absolute atomic E-state index is 0.137. The number of aryl methyl sites for hydroxylation is 1. The smallest absolute Gasteiger partial charge is 0.335 e. The molecular weight excluding hydrogens is 455 g/mol. The van der Waals surface area contributed by atoms with Crippen molar-refractivity contribution in [3.05, 3.63) is 57.1 Å². The normalized spacial score (nSPS) is 15.4. The van der Waals surface area contributed by atoms with E-state index in [4.69, 9.17) is 32.7 Å². The molecule has 1 saturated heterocycles. The standard InChI is InChI=1S/C23H22Cl2N2O5/c1-5-31-19-10-14(9-18(25)20(19)32-12(2)3)8-16-21(28)26-23(30)27(22(16)29)15-7-6-13(4)17(24)11-15/h6-12H,5H2,1-4H3,(H,26,28,30)/b16-8+. The molecule has 0 aromatic heterocycles. The van der Waals surface area contributed by atoms with Gasteiger partial charge in [0.2, 0.25) is 0 Å². The third-order valence-electron chi connectivity index (χ3n) is 4.51. The fourth-order valence-electron chi connectivity index (χ4n) is 3.06. The molecule has 1 aliphatic heterocycles. The van der Waals surface area contributed by atoms with Crippen molar-refractivity contribution in [2.45, 2.75) is 33.8 Å². The number of barbiturate groups is 1. The molecule has 2 aromatic rings. The molecule has 1 fully saturated rings. The summed E-state index contributed by atoms with van der Waals surface area (Å²) in [6.07, 6.45) is 1.21. The van der Waals surface area contributed by atoms with Crippen LogP contribution in [0, 0.1) is 6.92 Å². The Morgan fingerprint density at radius 3 is 2.44 bits per heavy atom. The van der Waals surface area contributed by atoms with Gasteiger partial charge in [0.15, 0.2) is 11.5 Å². The Morgan fingerprint density at radius 1 is 1.09 bits per heavy atom. The number of ether oxygens (including phenoxy) is 2. The number of urea groups is 1. The van der Waals surface area contributed by atoms with E-state index in [1.54, 1.807) is 31.2 Å². The van der Waals surface area contributed by atoms with Crippen LogP contribution in [0.4, 0.5) is 10.5 Å². The molecule has 1 heterocycles. The van der Waals surface area contributed by atoms with Crippen molar-refractivity contribution in [3.8, 4) is 11.5 Å². The summed E-state index contributed by atoms with van der Waals surface area (Å²) in [6, 6.07) is 7.06. The molecule has 168 valence electrons. The maximum Gasteiger partial charge on any atom is 0.335 e. The Hall–Kier alpha value is -3.03. The predicted molar refractivity (Wildman–Crippen MR) is 124 cm³/mol. The zero-order valence-corrected chi connectivity index (χ0v) is 19.5. The van der Waals surface area contributed by atoms with Crippen LogP contribution in [0.25, 0.3) is 6.08 Å². The van der Waals surface area contributed by atoms with E-state index in [1.807, 2.05) is 20.8 Å². The lowest BCUT2D eigenvalue weighted by Gasteiger charge is -2.26. The summed E-state index contributed by atoms with van der Waals surface area (Å²) in [4.78, 5) is 38.8. The number of hydrogen-bond acceptors (Lipinski definition) is 5. The molecule has 0 aliphatic carbocycles.